The third-order valence-electron chi connectivity index (χ3n) is 2.69. The van der Waals surface area contributed by atoms with Crippen molar-refractivity contribution in [1.82, 2.24) is 0 Å². The fraction of sp³-hybridized carbons (Fsp3) is 0.500. The lowest BCUT2D eigenvalue weighted by molar-refractivity contribution is 0.140. The van der Waals surface area contributed by atoms with Gasteiger partial charge >= 0.3 is 7.12 Å². The van der Waals surface area contributed by atoms with Crippen molar-refractivity contribution in [2.24, 2.45) is 0 Å². The van der Waals surface area contributed by atoms with Crippen molar-refractivity contribution in [1.29, 1.82) is 0 Å². The van der Waals surface area contributed by atoms with Crippen molar-refractivity contribution < 1.29 is 23.2 Å². The quantitative estimate of drug-likeness (QED) is 0.610. The molecule has 4 nitrogen and oxygen atoms in total. The highest BCUT2D eigenvalue weighted by Gasteiger charge is 2.30. The van der Waals surface area contributed by atoms with E-state index in [0.29, 0.717) is 25.3 Å². The van der Waals surface area contributed by atoms with E-state index in [2.05, 4.69) is 0 Å². The van der Waals surface area contributed by atoms with Crippen molar-refractivity contribution in [3.8, 4) is 5.75 Å². The SMILES string of the molecule is COCCOc1c(Cl)ccc(B2OCCCO2)c1F. The number of methoxy groups -OCH3 is 1. The Morgan fingerprint density at radius 1 is 1.32 bits per heavy atom. The van der Waals surface area contributed by atoms with Gasteiger partial charge < -0.3 is 18.8 Å². The van der Waals surface area contributed by atoms with Crippen LogP contribution in [0, 0.1) is 5.82 Å². The second-order valence-corrected chi connectivity index (χ2v) is 4.46. The molecule has 1 aliphatic heterocycles. The molecule has 1 aromatic carbocycles. The van der Waals surface area contributed by atoms with Gasteiger partial charge in [0.05, 0.1) is 11.6 Å². The summed E-state index contributed by atoms with van der Waals surface area (Å²) in [7, 11) is 0.845. The monoisotopic (exact) mass is 288 g/mol. The average molecular weight is 289 g/mol. The van der Waals surface area contributed by atoms with Gasteiger partial charge in [-0.3, -0.25) is 0 Å². The van der Waals surface area contributed by atoms with Gasteiger partial charge in [-0.2, -0.15) is 0 Å². The summed E-state index contributed by atoms with van der Waals surface area (Å²) in [6.07, 6.45) is 0.808. The molecule has 0 N–H and O–H groups in total. The van der Waals surface area contributed by atoms with Crippen LogP contribution in [0.2, 0.25) is 5.02 Å². The molecule has 0 aliphatic carbocycles. The number of ether oxygens (including phenoxy) is 2. The highest BCUT2D eigenvalue weighted by atomic mass is 35.5. The molecule has 0 atom stereocenters. The summed E-state index contributed by atoms with van der Waals surface area (Å²) in [5, 5.41) is 0.216. The van der Waals surface area contributed by atoms with Crippen molar-refractivity contribution in [3.05, 3.63) is 23.0 Å². The van der Waals surface area contributed by atoms with Crippen molar-refractivity contribution in [2.75, 3.05) is 33.5 Å². The molecule has 0 radical (unpaired) electrons. The minimum Gasteiger partial charge on any atom is -0.487 e. The van der Waals surface area contributed by atoms with Gasteiger partial charge in [0.25, 0.3) is 0 Å². The zero-order chi connectivity index (χ0) is 13.7. The van der Waals surface area contributed by atoms with Crippen LogP contribution in [0.25, 0.3) is 0 Å². The molecule has 1 saturated heterocycles. The van der Waals surface area contributed by atoms with Crippen LogP contribution in [0.15, 0.2) is 12.1 Å². The lowest BCUT2D eigenvalue weighted by Gasteiger charge is -2.21. The molecule has 0 bridgehead atoms. The van der Waals surface area contributed by atoms with Crippen LogP contribution in [0.5, 0.6) is 5.75 Å². The van der Waals surface area contributed by atoms with Crippen molar-refractivity contribution in [2.45, 2.75) is 6.42 Å². The van der Waals surface area contributed by atoms with E-state index in [0.717, 1.165) is 6.42 Å². The van der Waals surface area contributed by atoms with E-state index >= 15 is 0 Å². The molecule has 1 aromatic rings. The van der Waals surface area contributed by atoms with Gasteiger partial charge in [-0.15, -0.1) is 0 Å². The first kappa shape index (κ1) is 14.6. The Balaban J connectivity index is 2.17. The Kier molecular flexibility index (Phi) is 5.45. The Bertz CT molecular complexity index is 426. The molecule has 1 fully saturated rings. The maximum absolute atomic E-state index is 14.3. The first-order valence-corrected chi connectivity index (χ1v) is 6.44. The third kappa shape index (κ3) is 3.60. The Labute approximate surface area is 116 Å². The molecule has 0 spiro atoms. The molecule has 1 aliphatic rings. The molecule has 0 aromatic heterocycles. The Hall–Kier alpha value is -0.815. The highest BCUT2D eigenvalue weighted by Crippen LogP contribution is 2.27. The molecule has 0 amide bonds. The van der Waals surface area contributed by atoms with Gasteiger partial charge in [0, 0.05) is 25.8 Å². The van der Waals surface area contributed by atoms with Crippen LogP contribution in [-0.4, -0.2) is 40.7 Å². The molecule has 0 saturated carbocycles. The third-order valence-corrected chi connectivity index (χ3v) is 2.99. The average Bonchev–Trinajstić information content (AvgIpc) is 2.43. The lowest BCUT2D eigenvalue weighted by atomic mass is 9.77. The van der Waals surface area contributed by atoms with Gasteiger partial charge in [-0.25, -0.2) is 4.39 Å². The van der Waals surface area contributed by atoms with E-state index in [1.807, 2.05) is 0 Å². The van der Waals surface area contributed by atoms with E-state index in [1.165, 1.54) is 0 Å². The summed E-state index contributed by atoms with van der Waals surface area (Å²) >= 11 is 5.93. The predicted molar refractivity (Wildman–Crippen MR) is 70.7 cm³/mol. The van der Waals surface area contributed by atoms with Crippen molar-refractivity contribution >= 4 is 24.2 Å². The van der Waals surface area contributed by atoms with Gasteiger partial charge in [0.1, 0.15) is 6.61 Å². The summed E-state index contributed by atoms with van der Waals surface area (Å²) in [6, 6.07) is 3.13. The Morgan fingerprint density at radius 2 is 2.05 bits per heavy atom. The molecule has 104 valence electrons. The number of hydrogen-bond donors (Lipinski definition) is 0. The highest BCUT2D eigenvalue weighted by molar-refractivity contribution is 6.61. The molecule has 0 unspecified atom stereocenters. The maximum Gasteiger partial charge on any atom is 0.497 e. The number of hydrogen-bond acceptors (Lipinski definition) is 4. The minimum absolute atomic E-state index is 0.00832. The van der Waals surface area contributed by atoms with Gasteiger partial charge in [0.2, 0.25) is 0 Å². The van der Waals surface area contributed by atoms with E-state index in [9.17, 15) is 4.39 Å². The second kappa shape index (κ2) is 7.10. The molecule has 7 heteroatoms. The van der Waals surface area contributed by atoms with Crippen LogP contribution in [-0.2, 0) is 14.0 Å². The number of halogens is 2. The minimum atomic E-state index is -0.698. The smallest absolute Gasteiger partial charge is 0.487 e. The second-order valence-electron chi connectivity index (χ2n) is 4.05. The molecule has 2 rings (SSSR count). The summed E-state index contributed by atoms with van der Waals surface area (Å²) in [5.74, 6) is -0.538. The lowest BCUT2D eigenvalue weighted by Crippen LogP contribution is -2.42. The van der Waals surface area contributed by atoms with E-state index in [4.69, 9.17) is 30.4 Å². The summed E-state index contributed by atoms with van der Waals surface area (Å²) in [6.45, 7) is 1.68. The van der Waals surface area contributed by atoms with Gasteiger partial charge in [-0.05, 0) is 12.5 Å². The zero-order valence-corrected chi connectivity index (χ0v) is 11.4. The van der Waals surface area contributed by atoms with Crippen LogP contribution in [0.3, 0.4) is 0 Å². The maximum atomic E-state index is 14.3. The predicted octanol–water partition coefficient (Wildman–Crippen LogP) is 1.64. The molecular weight excluding hydrogens is 273 g/mol. The van der Waals surface area contributed by atoms with Crippen molar-refractivity contribution in [3.63, 3.8) is 0 Å². The van der Waals surface area contributed by atoms with Crippen LogP contribution < -0.4 is 10.2 Å². The normalized spacial score (nSPS) is 15.6. The van der Waals surface area contributed by atoms with Gasteiger partial charge in [0.15, 0.2) is 11.6 Å². The van der Waals surface area contributed by atoms with Crippen LogP contribution >= 0.6 is 11.6 Å². The largest absolute Gasteiger partial charge is 0.497 e. The molecule has 19 heavy (non-hydrogen) atoms. The summed E-state index contributed by atoms with van der Waals surface area (Å²) in [4.78, 5) is 0. The van der Waals surface area contributed by atoms with E-state index in [-0.39, 0.29) is 17.4 Å². The standard InChI is InChI=1S/C12H15BClFO4/c1-16-7-8-17-12-10(14)4-3-9(11(12)15)13-18-5-2-6-19-13/h3-4H,2,5-8H2,1H3. The first-order valence-electron chi connectivity index (χ1n) is 6.07. The van der Waals surface area contributed by atoms with Crippen LogP contribution in [0.1, 0.15) is 6.42 Å². The van der Waals surface area contributed by atoms with Gasteiger partial charge in [-0.1, -0.05) is 17.7 Å². The van der Waals surface area contributed by atoms with E-state index < -0.39 is 12.9 Å². The summed E-state index contributed by atoms with van der Waals surface area (Å²) in [5.41, 5.74) is 0.302. The summed E-state index contributed by atoms with van der Waals surface area (Å²) < 4.78 is 35.2. The number of benzene rings is 1. The fourth-order valence-corrected chi connectivity index (χ4v) is 1.96. The fourth-order valence-electron chi connectivity index (χ4n) is 1.76. The first-order chi connectivity index (χ1) is 9.24. The Morgan fingerprint density at radius 3 is 2.74 bits per heavy atom. The molecular formula is C12H15BClFO4. The van der Waals surface area contributed by atoms with Crippen LogP contribution in [0.4, 0.5) is 4.39 Å². The zero-order valence-electron chi connectivity index (χ0n) is 10.7. The molecule has 1 heterocycles. The topological polar surface area (TPSA) is 36.9 Å². The number of rotatable bonds is 5. The van der Waals surface area contributed by atoms with E-state index in [1.54, 1.807) is 19.2 Å².